The number of allylic oxidation sites excluding steroid dienone is 12. The molecule has 4 aliphatic rings. The molecule has 1 atom stereocenters. The number of anilines is 10. The maximum absolute atomic E-state index is 4.58. The van der Waals surface area contributed by atoms with Crippen LogP contribution in [0.1, 0.15) is 94.7 Å². The highest BCUT2D eigenvalue weighted by Gasteiger charge is 2.29. The number of benzene rings is 19. The van der Waals surface area contributed by atoms with E-state index in [0.29, 0.717) is 5.92 Å². The highest BCUT2D eigenvalue weighted by molar-refractivity contribution is 6.37. The minimum atomic E-state index is 0. The summed E-state index contributed by atoms with van der Waals surface area (Å²) in [6.45, 7) is 25.4. The van der Waals surface area contributed by atoms with Crippen LogP contribution < -0.4 is 35.4 Å². The molecule has 19 aromatic rings. The molecule has 132 heavy (non-hydrogen) atoms. The standard InChI is InChI=1S/C44H34N2.C41H34N2.C32H27N.C7H8.3CH4/c1-3-16-31(4-2)45(32-17-8-5-9-18-32)41-29-27-37-38-28-30-42(46(33-19-10-6-11-20-33)34-21-12-7-13-22-34)40-26-15-24-36(44(38)40)35-23-14-25-39(41)43(35)37;1-26-10-16-29(17-11-26)42-38-24-22-34-35-23-25-39(37-9-5-7-33(41(35)37)32-6-4-8-36(38)40(32)34)43(30-18-12-27(2)13-19-30)31-20-14-28(3)15-21-31;1-3-23-12-10-18-27-28-20-21-30(29-19-11-17-26(32(28)29)22(2)31(23)27)33(24-13-6-4-7-14-24)25-15-8-5-9-16-25;1-7-5-3-2-4-6-7;;;/h3-6,8-12,14-30H,1-2,7,13H2;4-14,16-25,28,42H,15H2,1-3H3;3-9,11-17,19H,1-2,10,18,20-21H2;2-6H,1H3;3*1H4/b31-16+;;;;;;. The molecule has 0 saturated heterocycles. The van der Waals surface area contributed by atoms with E-state index in [9.17, 15) is 0 Å². The van der Waals surface area contributed by atoms with Crippen LogP contribution in [-0.2, 0) is 12.8 Å². The van der Waals surface area contributed by atoms with Crippen molar-refractivity contribution in [1.29, 1.82) is 0 Å². The number of fused-ring (bicyclic) bond motifs is 6. The molecule has 0 aromatic heterocycles. The molecule has 0 radical (unpaired) electrons. The third-order valence-electron chi connectivity index (χ3n) is 26.3. The van der Waals surface area contributed by atoms with Crippen LogP contribution in [0.25, 0.3) is 115 Å². The average Bonchev–Trinajstić information content (AvgIpc) is 0.697. The lowest BCUT2D eigenvalue weighted by molar-refractivity contribution is 0.728. The normalized spacial score (nSPS) is 13.7. The molecule has 5 heteroatoms. The van der Waals surface area contributed by atoms with Crippen molar-refractivity contribution in [1.82, 2.24) is 0 Å². The summed E-state index contributed by atoms with van der Waals surface area (Å²) in [5.41, 5.74) is 25.8. The fraction of sp³-hybridized carbons (Fsp3) is 0.118. The molecule has 0 saturated carbocycles. The summed E-state index contributed by atoms with van der Waals surface area (Å²) >= 11 is 0. The zero-order valence-electron chi connectivity index (χ0n) is 73.8. The van der Waals surface area contributed by atoms with Gasteiger partial charge >= 0.3 is 0 Å². The number of nitrogens with one attached hydrogen (secondary N) is 1. The van der Waals surface area contributed by atoms with Crippen LogP contribution in [-0.4, -0.2) is 0 Å². The number of hydrogen-bond donors (Lipinski definition) is 1. The predicted molar refractivity (Wildman–Crippen MR) is 580 cm³/mol. The van der Waals surface area contributed by atoms with Gasteiger partial charge in [-0.05, 0) is 296 Å². The van der Waals surface area contributed by atoms with Crippen molar-refractivity contribution in [3.8, 4) is 0 Å². The number of para-hydroxylation sites is 4. The molecule has 0 bridgehead atoms. The van der Waals surface area contributed by atoms with Crippen LogP contribution in [0.3, 0.4) is 0 Å². The van der Waals surface area contributed by atoms with Crippen molar-refractivity contribution in [3.05, 3.63) is 487 Å². The third-order valence-corrected chi connectivity index (χ3v) is 26.3. The summed E-state index contributed by atoms with van der Waals surface area (Å²) in [5, 5.41) is 29.2. The maximum atomic E-state index is 4.58. The van der Waals surface area contributed by atoms with Crippen LogP contribution >= 0.6 is 0 Å². The molecule has 1 unspecified atom stereocenters. The second-order valence-corrected chi connectivity index (χ2v) is 34.4. The van der Waals surface area contributed by atoms with Gasteiger partial charge in [0.15, 0.2) is 0 Å². The smallest absolute Gasteiger partial charge is 0.0540 e. The van der Waals surface area contributed by atoms with Gasteiger partial charge in [0.25, 0.3) is 0 Å². The van der Waals surface area contributed by atoms with E-state index in [1.807, 2.05) is 42.5 Å². The third kappa shape index (κ3) is 16.5. The van der Waals surface area contributed by atoms with Crippen LogP contribution in [0.4, 0.5) is 56.9 Å². The Balaban J connectivity index is 0.000000133. The number of hydrogen-bond acceptors (Lipinski definition) is 5. The fourth-order valence-corrected chi connectivity index (χ4v) is 20.3. The van der Waals surface area contributed by atoms with E-state index in [0.717, 1.165) is 84.3 Å². The minimum Gasteiger partial charge on any atom is -0.355 e. The van der Waals surface area contributed by atoms with Gasteiger partial charge in [-0.25, -0.2) is 0 Å². The molecule has 19 aromatic carbocycles. The molecule has 4 aliphatic carbocycles. The van der Waals surface area contributed by atoms with Crippen LogP contribution in [0.5, 0.6) is 0 Å². The maximum Gasteiger partial charge on any atom is 0.0540 e. The van der Waals surface area contributed by atoms with Crippen LogP contribution in [0, 0.1) is 26.7 Å². The Morgan fingerprint density at radius 2 is 0.795 bits per heavy atom. The largest absolute Gasteiger partial charge is 0.355 e. The monoisotopic (exact) mass is 1710 g/mol. The zero-order valence-corrected chi connectivity index (χ0v) is 73.8. The second kappa shape index (κ2) is 38.8. The van der Waals surface area contributed by atoms with Crippen molar-refractivity contribution in [2.45, 2.75) is 94.9 Å². The summed E-state index contributed by atoms with van der Waals surface area (Å²) in [5.74, 6) is 0.558. The molecular formula is C127H115N5. The lowest BCUT2D eigenvalue weighted by Gasteiger charge is -2.32. The van der Waals surface area contributed by atoms with Crippen LogP contribution in [0.2, 0.25) is 0 Å². The Morgan fingerprint density at radius 1 is 0.356 bits per heavy atom. The lowest BCUT2D eigenvalue weighted by atomic mass is 9.79. The van der Waals surface area contributed by atoms with Gasteiger partial charge in [-0.1, -0.05) is 357 Å². The summed E-state index contributed by atoms with van der Waals surface area (Å²) in [7, 11) is 0. The molecule has 648 valence electrons. The van der Waals surface area contributed by atoms with E-state index in [-0.39, 0.29) is 22.3 Å². The van der Waals surface area contributed by atoms with E-state index >= 15 is 0 Å². The molecule has 1 N–H and O–H groups in total. The first-order chi connectivity index (χ1) is 63.5. The highest BCUT2D eigenvalue weighted by atomic mass is 15.2. The second-order valence-electron chi connectivity index (χ2n) is 34.4. The number of rotatable bonds is 17. The Morgan fingerprint density at radius 3 is 1.29 bits per heavy atom. The predicted octanol–water partition coefficient (Wildman–Crippen LogP) is 34.8. The molecule has 5 nitrogen and oxygen atoms in total. The molecule has 23 rings (SSSR count). The quantitative estimate of drug-likeness (QED) is 0.0557. The summed E-state index contributed by atoms with van der Waals surface area (Å²) in [4.78, 5) is 9.57. The zero-order chi connectivity index (χ0) is 87.6. The molecule has 0 aliphatic heterocycles. The number of nitrogens with zero attached hydrogens (tertiary/aromatic N) is 4. The first-order valence-corrected chi connectivity index (χ1v) is 45.4. The summed E-state index contributed by atoms with van der Waals surface area (Å²) in [6.07, 6.45) is 31.4. The van der Waals surface area contributed by atoms with Gasteiger partial charge in [0.1, 0.15) is 0 Å². The SMILES string of the molecule is C.C.C.C=C/C=C(\C=C)N(c1ccccc1)c1ccc2c3ccc(N(C4=CCCC=C4)c4ccccc4)c4cccc(c5cccc1c52)c43.C=CC1=CCCc2c1c(=C)c1cccc3c1c2CCC=3N(c1ccccc1)c1ccccc1.Cc1ccc(Nc2ccc3c4ccc(N(C5=CCC(C)C=C5)c5ccc(C)cc5)c5cccc(c6cccc2c63)c54)cc1.Cc1ccccc1. The van der Waals surface area contributed by atoms with Crippen molar-refractivity contribution in [3.63, 3.8) is 0 Å². The summed E-state index contributed by atoms with van der Waals surface area (Å²) < 4.78 is 0. The van der Waals surface area contributed by atoms with Gasteiger partial charge in [0, 0.05) is 89.4 Å². The molecule has 0 amide bonds. The van der Waals surface area contributed by atoms with Gasteiger partial charge in [-0.3, -0.25) is 0 Å². The van der Waals surface area contributed by atoms with Gasteiger partial charge in [-0.15, -0.1) is 0 Å². The van der Waals surface area contributed by atoms with Gasteiger partial charge < -0.3 is 24.9 Å². The Hall–Kier alpha value is -15.6. The lowest BCUT2D eigenvalue weighted by Crippen LogP contribution is -2.29. The fourth-order valence-electron chi connectivity index (χ4n) is 20.3. The molecule has 0 spiro atoms. The number of aryl methyl sites for hydroxylation is 4. The Bertz CT molecular complexity index is 7750. The van der Waals surface area contributed by atoms with E-state index in [2.05, 4.69) is 443 Å². The molecule has 0 heterocycles. The van der Waals surface area contributed by atoms with Gasteiger partial charge in [0.05, 0.1) is 17.1 Å². The van der Waals surface area contributed by atoms with E-state index in [1.165, 1.54) is 187 Å². The van der Waals surface area contributed by atoms with Crippen molar-refractivity contribution < 1.29 is 0 Å². The van der Waals surface area contributed by atoms with Crippen molar-refractivity contribution >= 4 is 172 Å². The van der Waals surface area contributed by atoms with E-state index < -0.39 is 0 Å². The van der Waals surface area contributed by atoms with E-state index in [4.69, 9.17) is 0 Å². The Labute approximate surface area is 779 Å². The van der Waals surface area contributed by atoms with Crippen LogP contribution in [0.15, 0.2) is 443 Å². The van der Waals surface area contributed by atoms with E-state index in [1.54, 1.807) is 0 Å². The average molecular weight is 1710 g/mol. The Kier molecular flexibility index (Phi) is 26.0. The summed E-state index contributed by atoms with van der Waals surface area (Å²) in [6, 6.07) is 123. The molecule has 0 fully saturated rings. The minimum absolute atomic E-state index is 0. The molecular weight excluding hydrogens is 1600 g/mol. The van der Waals surface area contributed by atoms with Gasteiger partial charge in [0.2, 0.25) is 0 Å². The van der Waals surface area contributed by atoms with Gasteiger partial charge in [-0.2, -0.15) is 0 Å². The first-order valence-electron chi connectivity index (χ1n) is 45.4. The van der Waals surface area contributed by atoms with Crippen molar-refractivity contribution in [2.24, 2.45) is 5.92 Å². The first kappa shape index (κ1) is 88.5. The topological polar surface area (TPSA) is 25.0 Å². The highest BCUT2D eigenvalue weighted by Crippen LogP contribution is 2.51. The van der Waals surface area contributed by atoms with Crippen molar-refractivity contribution in [2.75, 3.05) is 24.9 Å².